The summed E-state index contributed by atoms with van der Waals surface area (Å²) in [4.78, 5) is 11.2. The summed E-state index contributed by atoms with van der Waals surface area (Å²) in [6, 6.07) is 7.88. The maximum absolute atomic E-state index is 11.2. The van der Waals surface area contributed by atoms with Crippen LogP contribution in [0.3, 0.4) is 0 Å². The number of amides is 1. The largest absolute Gasteiger partial charge is 0.438 e. The van der Waals surface area contributed by atoms with Crippen LogP contribution in [0.5, 0.6) is 0 Å². The fourth-order valence-corrected chi connectivity index (χ4v) is 1.93. The van der Waals surface area contributed by atoms with Crippen molar-refractivity contribution in [1.29, 1.82) is 0 Å². The molecule has 0 saturated carbocycles. The zero-order valence-corrected chi connectivity index (χ0v) is 9.32. The highest BCUT2D eigenvalue weighted by molar-refractivity contribution is 5.68. The molecule has 1 aromatic rings. The molecule has 1 aliphatic heterocycles. The molecule has 1 fully saturated rings. The summed E-state index contributed by atoms with van der Waals surface area (Å²) in [6.07, 6.45) is 0.416. The predicted octanol–water partition coefficient (Wildman–Crippen LogP) is 1.49. The Kier molecular flexibility index (Phi) is 2.83. The van der Waals surface area contributed by atoms with E-state index in [-0.39, 0.29) is 6.09 Å². The molecule has 1 heterocycles. The number of hydrogen-bond acceptors (Lipinski definition) is 3. The Balaban J connectivity index is 2.30. The van der Waals surface area contributed by atoms with Gasteiger partial charge in [0.25, 0.3) is 0 Å². The molecule has 1 saturated heterocycles. The summed E-state index contributed by atoms with van der Waals surface area (Å²) in [5.41, 5.74) is 7.12. The predicted molar refractivity (Wildman–Crippen MR) is 60.8 cm³/mol. The summed E-state index contributed by atoms with van der Waals surface area (Å²) >= 11 is 0. The van der Waals surface area contributed by atoms with E-state index in [4.69, 9.17) is 10.5 Å². The van der Waals surface area contributed by atoms with Crippen molar-refractivity contribution < 1.29 is 9.53 Å². The molecule has 1 aromatic carbocycles. The van der Waals surface area contributed by atoms with Gasteiger partial charge in [-0.3, -0.25) is 0 Å². The van der Waals surface area contributed by atoms with Gasteiger partial charge < -0.3 is 15.8 Å². The van der Waals surface area contributed by atoms with E-state index < -0.39 is 5.60 Å². The Morgan fingerprint density at radius 3 is 3.06 bits per heavy atom. The lowest BCUT2D eigenvalue weighted by Crippen LogP contribution is -2.43. The van der Waals surface area contributed by atoms with Gasteiger partial charge in [-0.05, 0) is 18.1 Å². The molecule has 16 heavy (non-hydrogen) atoms. The highest BCUT2D eigenvalue weighted by Crippen LogP contribution is 2.31. The molecule has 1 amide bonds. The van der Waals surface area contributed by atoms with Gasteiger partial charge in [0, 0.05) is 19.5 Å². The second kappa shape index (κ2) is 4.14. The first-order valence-electron chi connectivity index (χ1n) is 5.40. The molecule has 1 atom stereocenters. The van der Waals surface area contributed by atoms with E-state index in [2.05, 4.69) is 5.32 Å². The lowest BCUT2D eigenvalue weighted by molar-refractivity contribution is -0.00279. The van der Waals surface area contributed by atoms with Crippen molar-refractivity contribution in [2.24, 2.45) is 5.73 Å². The second-order valence-electron chi connectivity index (χ2n) is 4.20. The molecule has 4 heteroatoms. The van der Waals surface area contributed by atoms with E-state index in [9.17, 15) is 4.79 Å². The van der Waals surface area contributed by atoms with Crippen LogP contribution in [0.1, 0.15) is 24.5 Å². The first-order chi connectivity index (χ1) is 7.64. The summed E-state index contributed by atoms with van der Waals surface area (Å²) in [6.45, 7) is 3.07. The van der Waals surface area contributed by atoms with Gasteiger partial charge in [-0.1, -0.05) is 24.3 Å². The van der Waals surface area contributed by atoms with Crippen LogP contribution in [0.25, 0.3) is 0 Å². The van der Waals surface area contributed by atoms with Gasteiger partial charge in [0.05, 0.1) is 0 Å². The van der Waals surface area contributed by atoms with Crippen molar-refractivity contribution in [3.63, 3.8) is 0 Å². The standard InChI is InChI=1S/C12H16N2O2/c1-12(5-6-14-11(15)16-12)10-4-2-3-9(7-10)8-13/h2-4,7H,5-6,8,13H2,1H3,(H,14,15). The average molecular weight is 220 g/mol. The molecule has 1 aliphatic rings. The van der Waals surface area contributed by atoms with Gasteiger partial charge in [0.15, 0.2) is 0 Å². The van der Waals surface area contributed by atoms with Crippen molar-refractivity contribution in [3.05, 3.63) is 35.4 Å². The van der Waals surface area contributed by atoms with Crippen LogP contribution in [-0.2, 0) is 16.9 Å². The van der Waals surface area contributed by atoms with Crippen molar-refractivity contribution in [2.75, 3.05) is 6.54 Å². The number of alkyl carbamates (subject to hydrolysis) is 1. The summed E-state index contributed by atoms with van der Waals surface area (Å²) in [5.74, 6) is 0. The number of cyclic esters (lactones) is 1. The van der Waals surface area contributed by atoms with Crippen LogP contribution < -0.4 is 11.1 Å². The lowest BCUT2D eigenvalue weighted by Gasteiger charge is -2.34. The van der Waals surface area contributed by atoms with Crippen LogP contribution in [0, 0.1) is 0 Å². The fourth-order valence-electron chi connectivity index (χ4n) is 1.93. The number of carbonyl (C=O) groups is 1. The smallest absolute Gasteiger partial charge is 0.408 e. The van der Waals surface area contributed by atoms with Crippen molar-refractivity contribution >= 4 is 6.09 Å². The van der Waals surface area contributed by atoms with E-state index in [1.807, 2.05) is 31.2 Å². The average Bonchev–Trinajstić information content (AvgIpc) is 2.29. The molecule has 4 nitrogen and oxygen atoms in total. The molecule has 0 bridgehead atoms. The van der Waals surface area contributed by atoms with Gasteiger partial charge in [-0.2, -0.15) is 0 Å². The first-order valence-corrected chi connectivity index (χ1v) is 5.40. The number of nitrogens with two attached hydrogens (primary N) is 1. The van der Waals surface area contributed by atoms with Gasteiger partial charge in [0.2, 0.25) is 0 Å². The topological polar surface area (TPSA) is 64.3 Å². The van der Waals surface area contributed by atoms with Gasteiger partial charge >= 0.3 is 6.09 Å². The third-order valence-electron chi connectivity index (χ3n) is 2.96. The van der Waals surface area contributed by atoms with E-state index in [1.54, 1.807) is 0 Å². The minimum Gasteiger partial charge on any atom is -0.438 e. The van der Waals surface area contributed by atoms with Crippen LogP contribution in [0.4, 0.5) is 4.79 Å². The molecular weight excluding hydrogens is 204 g/mol. The number of carbonyl (C=O) groups excluding carboxylic acids is 1. The Labute approximate surface area is 94.8 Å². The van der Waals surface area contributed by atoms with Crippen molar-refractivity contribution in [2.45, 2.75) is 25.5 Å². The summed E-state index contributed by atoms with van der Waals surface area (Å²) in [7, 11) is 0. The van der Waals surface area contributed by atoms with Gasteiger partial charge in [-0.15, -0.1) is 0 Å². The normalized spacial score (nSPS) is 24.8. The quantitative estimate of drug-likeness (QED) is 0.793. The second-order valence-corrected chi connectivity index (χ2v) is 4.20. The number of rotatable bonds is 2. The van der Waals surface area contributed by atoms with Crippen LogP contribution >= 0.6 is 0 Å². The number of benzene rings is 1. The van der Waals surface area contributed by atoms with E-state index in [0.717, 1.165) is 17.5 Å². The van der Waals surface area contributed by atoms with E-state index in [1.165, 1.54) is 0 Å². The Hall–Kier alpha value is -1.55. The first kappa shape index (κ1) is 11.0. The van der Waals surface area contributed by atoms with Crippen LogP contribution in [0.15, 0.2) is 24.3 Å². The molecule has 0 spiro atoms. The molecule has 0 aromatic heterocycles. The monoisotopic (exact) mass is 220 g/mol. The number of ether oxygens (including phenoxy) is 1. The molecule has 0 aliphatic carbocycles. The Morgan fingerprint density at radius 2 is 2.38 bits per heavy atom. The summed E-state index contributed by atoms with van der Waals surface area (Å²) in [5, 5.41) is 2.65. The third kappa shape index (κ3) is 2.02. The fraction of sp³-hybridized carbons (Fsp3) is 0.417. The minimum absolute atomic E-state index is 0.355. The maximum atomic E-state index is 11.2. The third-order valence-corrected chi connectivity index (χ3v) is 2.96. The highest BCUT2D eigenvalue weighted by Gasteiger charge is 2.34. The maximum Gasteiger partial charge on any atom is 0.408 e. The zero-order valence-electron chi connectivity index (χ0n) is 9.32. The molecule has 2 rings (SSSR count). The zero-order chi connectivity index (χ0) is 11.6. The van der Waals surface area contributed by atoms with Gasteiger partial charge in [0.1, 0.15) is 5.60 Å². The minimum atomic E-state index is -0.534. The SMILES string of the molecule is CC1(c2cccc(CN)c2)CCNC(=O)O1. The summed E-state index contributed by atoms with van der Waals surface area (Å²) < 4.78 is 5.37. The molecular formula is C12H16N2O2. The van der Waals surface area contributed by atoms with E-state index in [0.29, 0.717) is 13.1 Å². The molecule has 3 N–H and O–H groups in total. The Bertz CT molecular complexity index is 406. The van der Waals surface area contributed by atoms with E-state index >= 15 is 0 Å². The van der Waals surface area contributed by atoms with Crippen LogP contribution in [0.2, 0.25) is 0 Å². The lowest BCUT2D eigenvalue weighted by atomic mass is 9.90. The molecule has 0 radical (unpaired) electrons. The Morgan fingerprint density at radius 1 is 1.56 bits per heavy atom. The number of hydrogen-bond donors (Lipinski definition) is 2. The van der Waals surface area contributed by atoms with Gasteiger partial charge in [-0.25, -0.2) is 4.79 Å². The van der Waals surface area contributed by atoms with Crippen molar-refractivity contribution in [1.82, 2.24) is 5.32 Å². The van der Waals surface area contributed by atoms with Crippen molar-refractivity contribution in [3.8, 4) is 0 Å². The number of nitrogens with one attached hydrogen (secondary N) is 1. The molecule has 86 valence electrons. The van der Waals surface area contributed by atoms with Crippen LogP contribution in [-0.4, -0.2) is 12.6 Å². The highest BCUT2D eigenvalue weighted by atomic mass is 16.6. The molecule has 1 unspecified atom stereocenters.